The first-order chi connectivity index (χ1) is 21.1. The molecule has 0 bridgehead atoms. The van der Waals surface area contributed by atoms with Gasteiger partial charge in [-0.25, -0.2) is 14.4 Å². The highest BCUT2D eigenvalue weighted by atomic mass is 19.1. The average Bonchev–Trinajstić information content (AvgIpc) is 3.20. The van der Waals surface area contributed by atoms with Crippen molar-refractivity contribution in [1.29, 1.82) is 0 Å². The molecule has 0 atom stereocenters. The van der Waals surface area contributed by atoms with Gasteiger partial charge in [0.25, 0.3) is 5.91 Å². The Morgan fingerprint density at radius 1 is 1.02 bits per heavy atom. The Morgan fingerprint density at radius 2 is 1.88 bits per heavy atom. The number of carbonyl (C=O) groups excluding carboxylic acids is 1. The van der Waals surface area contributed by atoms with Crippen molar-refractivity contribution in [3.8, 4) is 17.0 Å². The first kappa shape index (κ1) is 28.6. The van der Waals surface area contributed by atoms with Crippen LogP contribution in [-0.4, -0.2) is 73.8 Å². The minimum absolute atomic E-state index is 0.161. The molecule has 43 heavy (non-hydrogen) atoms. The quantitative estimate of drug-likeness (QED) is 0.261. The Balaban J connectivity index is 1.29. The molecule has 2 aliphatic rings. The fraction of sp³-hybridized carbons (Fsp3) is 0.303. The first-order valence-corrected chi connectivity index (χ1v) is 14.6. The van der Waals surface area contributed by atoms with Crippen molar-refractivity contribution in [2.75, 3.05) is 63.3 Å². The zero-order valence-electron chi connectivity index (χ0n) is 24.2. The van der Waals surface area contributed by atoms with Crippen LogP contribution in [0.5, 0.6) is 5.75 Å². The maximum atomic E-state index is 15.1. The van der Waals surface area contributed by atoms with E-state index < -0.39 is 0 Å². The lowest BCUT2D eigenvalue weighted by atomic mass is 10.0. The Kier molecular flexibility index (Phi) is 8.76. The number of hydrogen-bond acceptors (Lipinski definition) is 8. The van der Waals surface area contributed by atoms with Crippen LogP contribution in [0.25, 0.3) is 11.3 Å². The van der Waals surface area contributed by atoms with Gasteiger partial charge in [-0.3, -0.25) is 9.69 Å². The molecular formula is C33H35FN6O3. The number of methoxy groups -OCH3 is 1. The minimum Gasteiger partial charge on any atom is -0.497 e. The molecule has 1 fully saturated rings. The summed E-state index contributed by atoms with van der Waals surface area (Å²) >= 11 is 0. The molecule has 9 nitrogen and oxygen atoms in total. The molecule has 2 N–H and O–H groups in total. The molecule has 10 heteroatoms. The highest BCUT2D eigenvalue weighted by Gasteiger charge is 2.26. The molecule has 4 aromatic rings. The SMILES string of the molecule is COc1cccc(Nc2ncc3c(n2)-c2ccc(C(=O)NCCCN4CCOCC4)cc2N(c2ccccc2F)CC3)c1. The van der Waals surface area contributed by atoms with E-state index in [9.17, 15) is 4.79 Å². The number of benzene rings is 3. The summed E-state index contributed by atoms with van der Waals surface area (Å²) in [5.41, 5.74) is 4.96. The van der Waals surface area contributed by atoms with E-state index in [1.807, 2.05) is 59.6 Å². The standard InChI is InChI=1S/C33H35FN6O3/c1-42-26-7-4-6-25(21-26)37-33-36-22-24-12-15-40(29-9-3-2-8-28(29)34)30-20-23(10-11-27(30)31(24)38-33)32(41)35-13-5-14-39-16-18-43-19-17-39/h2-4,6-11,20-22H,5,12-19H2,1H3,(H,35,41)(H,36,37,38). The monoisotopic (exact) mass is 582 g/mol. The minimum atomic E-state index is -0.330. The van der Waals surface area contributed by atoms with Gasteiger partial charge in [-0.2, -0.15) is 0 Å². The van der Waals surface area contributed by atoms with Gasteiger partial charge in [-0.05, 0) is 67.4 Å². The molecule has 1 aromatic heterocycles. The van der Waals surface area contributed by atoms with Crippen LogP contribution in [0.2, 0.25) is 0 Å². The number of anilines is 4. The van der Waals surface area contributed by atoms with Crippen LogP contribution in [0, 0.1) is 5.82 Å². The summed E-state index contributed by atoms with van der Waals surface area (Å²) in [6.07, 6.45) is 3.26. The van der Waals surface area contributed by atoms with Crippen molar-refractivity contribution in [3.05, 3.63) is 89.9 Å². The summed E-state index contributed by atoms with van der Waals surface area (Å²) in [5, 5.41) is 6.32. The highest BCUT2D eigenvalue weighted by Crippen LogP contribution is 2.40. The summed E-state index contributed by atoms with van der Waals surface area (Å²) in [6.45, 7) is 5.34. The van der Waals surface area contributed by atoms with E-state index in [0.29, 0.717) is 36.7 Å². The molecule has 3 aromatic carbocycles. The van der Waals surface area contributed by atoms with Crippen LogP contribution >= 0.6 is 0 Å². The third-order valence-electron chi connectivity index (χ3n) is 7.78. The molecule has 3 heterocycles. The largest absolute Gasteiger partial charge is 0.497 e. The number of nitrogens with zero attached hydrogens (tertiary/aromatic N) is 4. The van der Waals surface area contributed by atoms with E-state index in [1.165, 1.54) is 6.07 Å². The van der Waals surface area contributed by atoms with Gasteiger partial charge in [0.2, 0.25) is 5.95 Å². The van der Waals surface area contributed by atoms with Crippen LogP contribution in [0.4, 0.5) is 27.4 Å². The summed E-state index contributed by atoms with van der Waals surface area (Å²) in [5.74, 6) is 0.659. The van der Waals surface area contributed by atoms with Gasteiger partial charge in [0.15, 0.2) is 0 Å². The van der Waals surface area contributed by atoms with Gasteiger partial charge in [0.05, 0.1) is 37.4 Å². The average molecular weight is 583 g/mol. The number of nitrogens with one attached hydrogen (secondary N) is 2. The summed E-state index contributed by atoms with van der Waals surface area (Å²) in [4.78, 5) is 27.0. The maximum absolute atomic E-state index is 15.1. The van der Waals surface area contributed by atoms with Crippen LogP contribution in [-0.2, 0) is 11.2 Å². The van der Waals surface area contributed by atoms with Gasteiger partial charge in [-0.1, -0.05) is 18.2 Å². The van der Waals surface area contributed by atoms with Crippen LogP contribution < -0.4 is 20.3 Å². The molecule has 2 aliphatic heterocycles. The smallest absolute Gasteiger partial charge is 0.251 e. The molecular weight excluding hydrogens is 547 g/mol. The lowest BCUT2D eigenvalue weighted by molar-refractivity contribution is 0.0374. The van der Waals surface area contributed by atoms with Crippen LogP contribution in [0.3, 0.4) is 0 Å². The highest BCUT2D eigenvalue weighted by molar-refractivity contribution is 5.97. The van der Waals surface area contributed by atoms with Crippen molar-refractivity contribution in [2.24, 2.45) is 0 Å². The second kappa shape index (κ2) is 13.2. The molecule has 0 spiro atoms. The summed E-state index contributed by atoms with van der Waals surface area (Å²) in [7, 11) is 1.62. The second-order valence-electron chi connectivity index (χ2n) is 10.6. The van der Waals surface area contributed by atoms with E-state index in [1.54, 1.807) is 19.2 Å². The van der Waals surface area contributed by atoms with Gasteiger partial charge in [-0.15, -0.1) is 0 Å². The van der Waals surface area contributed by atoms with Crippen molar-refractivity contribution in [2.45, 2.75) is 12.8 Å². The number of morpholine rings is 1. The second-order valence-corrected chi connectivity index (χ2v) is 10.6. The Hall–Kier alpha value is -4.54. The van der Waals surface area contributed by atoms with Crippen LogP contribution in [0.15, 0.2) is 72.9 Å². The van der Waals surface area contributed by atoms with Crippen LogP contribution in [0.1, 0.15) is 22.3 Å². The van der Waals surface area contributed by atoms with Gasteiger partial charge < -0.3 is 25.0 Å². The number of fused-ring (bicyclic) bond motifs is 3. The topological polar surface area (TPSA) is 91.8 Å². The number of para-hydroxylation sites is 1. The number of rotatable bonds is 9. The molecule has 222 valence electrons. The lowest BCUT2D eigenvalue weighted by Gasteiger charge is -2.26. The van der Waals surface area contributed by atoms with Crippen molar-refractivity contribution < 1.29 is 18.7 Å². The number of carbonyl (C=O) groups is 1. The third-order valence-corrected chi connectivity index (χ3v) is 7.78. The van der Waals surface area contributed by atoms with E-state index in [2.05, 4.69) is 20.5 Å². The molecule has 0 radical (unpaired) electrons. The molecule has 1 amide bonds. The van der Waals surface area contributed by atoms with E-state index in [0.717, 1.165) is 73.2 Å². The Labute approximate surface area is 250 Å². The van der Waals surface area contributed by atoms with E-state index in [-0.39, 0.29) is 11.7 Å². The van der Waals surface area contributed by atoms with E-state index >= 15 is 4.39 Å². The zero-order valence-corrected chi connectivity index (χ0v) is 24.2. The fourth-order valence-corrected chi connectivity index (χ4v) is 5.51. The summed E-state index contributed by atoms with van der Waals surface area (Å²) < 4.78 is 25.9. The van der Waals surface area contributed by atoms with Gasteiger partial charge in [0.1, 0.15) is 11.6 Å². The Morgan fingerprint density at radius 3 is 2.72 bits per heavy atom. The molecule has 0 unspecified atom stereocenters. The number of halogens is 1. The number of ether oxygens (including phenoxy) is 2. The molecule has 6 rings (SSSR count). The van der Waals surface area contributed by atoms with Crippen molar-refractivity contribution in [3.63, 3.8) is 0 Å². The lowest BCUT2D eigenvalue weighted by Crippen LogP contribution is -2.38. The first-order valence-electron chi connectivity index (χ1n) is 14.6. The maximum Gasteiger partial charge on any atom is 0.251 e. The van der Waals surface area contributed by atoms with Gasteiger partial charge in [0, 0.05) is 55.3 Å². The normalized spacial score (nSPS) is 14.8. The Bertz CT molecular complexity index is 1590. The predicted octanol–water partition coefficient (Wildman–Crippen LogP) is 5.18. The summed E-state index contributed by atoms with van der Waals surface area (Å²) in [6, 6.07) is 19.8. The van der Waals surface area contributed by atoms with E-state index in [4.69, 9.17) is 14.5 Å². The molecule has 0 aliphatic carbocycles. The van der Waals surface area contributed by atoms with Crippen molar-refractivity contribution >= 4 is 28.9 Å². The van der Waals surface area contributed by atoms with Gasteiger partial charge >= 0.3 is 0 Å². The third kappa shape index (κ3) is 6.60. The van der Waals surface area contributed by atoms with Crippen molar-refractivity contribution in [1.82, 2.24) is 20.2 Å². The molecule has 1 saturated heterocycles. The number of amides is 1. The predicted molar refractivity (Wildman–Crippen MR) is 165 cm³/mol. The molecule has 0 saturated carbocycles. The fourth-order valence-electron chi connectivity index (χ4n) is 5.51. The number of aromatic nitrogens is 2. The zero-order chi connectivity index (χ0) is 29.6. The number of hydrogen-bond donors (Lipinski definition) is 2.